The fraction of sp³-hybridized carbons (Fsp3) is 0.923. The fourth-order valence-electron chi connectivity index (χ4n) is 1.67. The Morgan fingerprint density at radius 3 is 2.76 bits per heavy atom. The highest BCUT2D eigenvalue weighted by atomic mass is 16.5. The second kappa shape index (κ2) is 7.67. The van der Waals surface area contributed by atoms with E-state index in [-0.39, 0.29) is 11.9 Å². The molecule has 0 aromatic heterocycles. The molecule has 1 fully saturated rings. The molecule has 0 aromatic carbocycles. The van der Waals surface area contributed by atoms with E-state index >= 15 is 0 Å². The molecule has 100 valence electrons. The predicted octanol–water partition coefficient (Wildman–Crippen LogP) is 1.29. The first-order chi connectivity index (χ1) is 8.09. The lowest BCUT2D eigenvalue weighted by molar-refractivity contribution is -0.122. The van der Waals surface area contributed by atoms with Crippen molar-refractivity contribution in [2.45, 2.75) is 45.6 Å². The van der Waals surface area contributed by atoms with Crippen LogP contribution in [0.25, 0.3) is 0 Å². The molecule has 17 heavy (non-hydrogen) atoms. The normalized spacial score (nSPS) is 17.2. The van der Waals surface area contributed by atoms with E-state index in [1.807, 2.05) is 0 Å². The number of hydrogen-bond donors (Lipinski definition) is 2. The summed E-state index contributed by atoms with van der Waals surface area (Å²) < 4.78 is 5.48. The first-order valence-corrected chi connectivity index (χ1v) is 6.70. The maximum absolute atomic E-state index is 11.6. The minimum Gasteiger partial charge on any atom is -0.381 e. The largest absolute Gasteiger partial charge is 0.381 e. The smallest absolute Gasteiger partial charge is 0.236 e. The van der Waals surface area contributed by atoms with Crippen LogP contribution in [0.3, 0.4) is 0 Å². The molecule has 0 heterocycles. The highest BCUT2D eigenvalue weighted by molar-refractivity contribution is 5.81. The third-order valence-electron chi connectivity index (χ3n) is 2.88. The van der Waals surface area contributed by atoms with Crippen LogP contribution in [0.5, 0.6) is 0 Å². The molecule has 0 aromatic rings. The van der Waals surface area contributed by atoms with Gasteiger partial charge in [0.05, 0.1) is 6.04 Å². The van der Waals surface area contributed by atoms with Crippen molar-refractivity contribution in [3.8, 4) is 0 Å². The number of carbonyl (C=O) groups excluding carboxylic acids is 1. The van der Waals surface area contributed by atoms with Crippen LogP contribution in [0.15, 0.2) is 0 Å². The van der Waals surface area contributed by atoms with Gasteiger partial charge < -0.3 is 15.8 Å². The van der Waals surface area contributed by atoms with Crippen molar-refractivity contribution in [3.05, 3.63) is 0 Å². The summed E-state index contributed by atoms with van der Waals surface area (Å²) in [6, 6.07) is -0.373. The lowest BCUT2D eigenvalue weighted by Gasteiger charge is -2.14. The minimum absolute atomic E-state index is 0.0408. The van der Waals surface area contributed by atoms with Gasteiger partial charge in [-0.15, -0.1) is 0 Å². The maximum atomic E-state index is 11.6. The SMILES string of the molecule is CC(C)C[C@H](N)C(=O)NCCCOCC1CC1. The Hall–Kier alpha value is -0.610. The van der Waals surface area contributed by atoms with Gasteiger partial charge in [0.15, 0.2) is 0 Å². The van der Waals surface area contributed by atoms with Crippen molar-refractivity contribution >= 4 is 5.91 Å². The molecule has 1 aliphatic rings. The average Bonchev–Trinajstić information content (AvgIpc) is 3.05. The highest BCUT2D eigenvalue weighted by Gasteiger charge is 2.20. The zero-order valence-corrected chi connectivity index (χ0v) is 11.1. The van der Waals surface area contributed by atoms with Crippen molar-refractivity contribution in [1.82, 2.24) is 5.32 Å². The number of nitrogens with one attached hydrogen (secondary N) is 1. The zero-order chi connectivity index (χ0) is 12.7. The Balaban J connectivity index is 1.91. The fourth-order valence-corrected chi connectivity index (χ4v) is 1.67. The Morgan fingerprint density at radius 1 is 1.47 bits per heavy atom. The number of carbonyl (C=O) groups is 1. The standard InChI is InChI=1S/C13H26N2O2/c1-10(2)8-12(14)13(16)15-6-3-7-17-9-11-4-5-11/h10-12H,3-9,14H2,1-2H3,(H,15,16)/t12-/m0/s1. The Bertz CT molecular complexity index is 227. The lowest BCUT2D eigenvalue weighted by Crippen LogP contribution is -2.41. The Labute approximate surface area is 104 Å². The molecule has 1 atom stereocenters. The monoisotopic (exact) mass is 242 g/mol. The summed E-state index contributed by atoms with van der Waals surface area (Å²) in [4.78, 5) is 11.6. The van der Waals surface area contributed by atoms with Gasteiger partial charge in [-0.25, -0.2) is 0 Å². The molecule has 0 spiro atoms. The number of rotatable bonds is 9. The average molecular weight is 242 g/mol. The van der Waals surface area contributed by atoms with Gasteiger partial charge >= 0.3 is 0 Å². The molecule has 1 saturated carbocycles. The van der Waals surface area contributed by atoms with Crippen LogP contribution in [0.4, 0.5) is 0 Å². The summed E-state index contributed by atoms with van der Waals surface area (Å²) >= 11 is 0. The Kier molecular flexibility index (Phi) is 6.52. The molecule has 1 aliphatic carbocycles. The molecule has 1 amide bonds. The summed E-state index contributed by atoms with van der Waals surface area (Å²) in [5.41, 5.74) is 5.76. The van der Waals surface area contributed by atoms with Crippen LogP contribution < -0.4 is 11.1 Å². The maximum Gasteiger partial charge on any atom is 0.236 e. The summed E-state index contributed by atoms with van der Waals surface area (Å²) in [6.07, 6.45) is 4.25. The second-order valence-electron chi connectivity index (χ2n) is 5.40. The molecule has 0 unspecified atom stereocenters. The number of ether oxygens (including phenoxy) is 1. The van der Waals surface area contributed by atoms with Crippen LogP contribution in [-0.4, -0.2) is 31.7 Å². The van der Waals surface area contributed by atoms with Gasteiger partial charge in [-0.2, -0.15) is 0 Å². The molecule has 1 rings (SSSR count). The summed E-state index contributed by atoms with van der Waals surface area (Å²) in [6.45, 7) is 6.42. The van der Waals surface area contributed by atoms with E-state index in [4.69, 9.17) is 10.5 Å². The van der Waals surface area contributed by atoms with Gasteiger partial charge in [-0.05, 0) is 37.5 Å². The molecule has 0 saturated heterocycles. The Morgan fingerprint density at radius 2 is 2.18 bits per heavy atom. The number of amides is 1. The van der Waals surface area contributed by atoms with Gasteiger partial charge in [-0.1, -0.05) is 13.8 Å². The quantitative estimate of drug-likeness (QED) is 0.599. The third kappa shape index (κ3) is 7.34. The van der Waals surface area contributed by atoms with E-state index in [2.05, 4.69) is 19.2 Å². The topological polar surface area (TPSA) is 64.4 Å². The van der Waals surface area contributed by atoms with Gasteiger partial charge in [0.25, 0.3) is 0 Å². The second-order valence-corrected chi connectivity index (χ2v) is 5.40. The van der Waals surface area contributed by atoms with E-state index < -0.39 is 0 Å². The molecule has 0 radical (unpaired) electrons. The van der Waals surface area contributed by atoms with Crippen LogP contribution >= 0.6 is 0 Å². The molecule has 4 heteroatoms. The van der Waals surface area contributed by atoms with Crippen LogP contribution in [0.1, 0.15) is 39.5 Å². The molecule has 0 bridgehead atoms. The van der Waals surface area contributed by atoms with Crippen LogP contribution in [0, 0.1) is 11.8 Å². The van der Waals surface area contributed by atoms with E-state index in [0.29, 0.717) is 12.5 Å². The molecular formula is C13H26N2O2. The number of nitrogens with two attached hydrogens (primary N) is 1. The van der Waals surface area contributed by atoms with Crippen LogP contribution in [-0.2, 0) is 9.53 Å². The van der Waals surface area contributed by atoms with Crippen molar-refractivity contribution < 1.29 is 9.53 Å². The van der Waals surface area contributed by atoms with Gasteiger partial charge in [0.1, 0.15) is 0 Å². The minimum atomic E-state index is -0.373. The number of hydrogen-bond acceptors (Lipinski definition) is 3. The predicted molar refractivity (Wildman–Crippen MR) is 68.6 cm³/mol. The van der Waals surface area contributed by atoms with E-state index in [9.17, 15) is 4.79 Å². The summed E-state index contributed by atoms with van der Waals surface area (Å²) in [5.74, 6) is 1.22. The lowest BCUT2D eigenvalue weighted by atomic mass is 10.0. The van der Waals surface area contributed by atoms with Gasteiger partial charge in [0.2, 0.25) is 5.91 Å². The van der Waals surface area contributed by atoms with E-state index in [1.54, 1.807) is 0 Å². The molecule has 3 N–H and O–H groups in total. The molecular weight excluding hydrogens is 216 g/mol. The first-order valence-electron chi connectivity index (χ1n) is 6.70. The zero-order valence-electron chi connectivity index (χ0n) is 11.1. The van der Waals surface area contributed by atoms with E-state index in [0.717, 1.165) is 32.0 Å². The van der Waals surface area contributed by atoms with Crippen molar-refractivity contribution in [2.24, 2.45) is 17.6 Å². The molecule has 4 nitrogen and oxygen atoms in total. The summed E-state index contributed by atoms with van der Waals surface area (Å²) in [5, 5.41) is 2.85. The highest BCUT2D eigenvalue weighted by Crippen LogP contribution is 2.28. The third-order valence-corrected chi connectivity index (χ3v) is 2.88. The first kappa shape index (κ1) is 14.5. The van der Waals surface area contributed by atoms with Gasteiger partial charge in [-0.3, -0.25) is 4.79 Å². The summed E-state index contributed by atoms with van der Waals surface area (Å²) in [7, 11) is 0. The van der Waals surface area contributed by atoms with Crippen molar-refractivity contribution in [2.75, 3.05) is 19.8 Å². The van der Waals surface area contributed by atoms with E-state index in [1.165, 1.54) is 12.8 Å². The van der Waals surface area contributed by atoms with Gasteiger partial charge in [0, 0.05) is 19.8 Å². The van der Waals surface area contributed by atoms with Crippen molar-refractivity contribution in [3.63, 3.8) is 0 Å². The van der Waals surface area contributed by atoms with Crippen molar-refractivity contribution in [1.29, 1.82) is 0 Å². The van der Waals surface area contributed by atoms with Crippen LogP contribution in [0.2, 0.25) is 0 Å². The molecule has 0 aliphatic heterocycles.